The fraction of sp³-hybridized carbons (Fsp3) is 0.389. The standard InChI is InChI=1S/C18H24O4S/c1-4-5-6-7-8-12-15-18(2,17(19)22-3)23(20,21)16-13-10-9-11-14-16/h4,8-14H,1,5-7,15H2,2-3H3/b12-8+. The van der Waals surface area contributed by atoms with Gasteiger partial charge in [-0.2, -0.15) is 0 Å². The van der Waals surface area contributed by atoms with E-state index in [2.05, 4.69) is 6.58 Å². The number of benzene rings is 1. The molecule has 0 amide bonds. The molecule has 23 heavy (non-hydrogen) atoms. The summed E-state index contributed by atoms with van der Waals surface area (Å²) >= 11 is 0. The van der Waals surface area contributed by atoms with Gasteiger partial charge in [0.05, 0.1) is 12.0 Å². The highest BCUT2D eigenvalue weighted by Gasteiger charge is 2.47. The lowest BCUT2D eigenvalue weighted by Crippen LogP contribution is -2.44. The number of unbranched alkanes of at least 4 members (excludes halogenated alkanes) is 2. The summed E-state index contributed by atoms with van der Waals surface area (Å²) in [6.45, 7) is 5.07. The van der Waals surface area contributed by atoms with Crippen molar-refractivity contribution in [3.8, 4) is 0 Å². The van der Waals surface area contributed by atoms with E-state index in [1.807, 2.05) is 12.2 Å². The summed E-state index contributed by atoms with van der Waals surface area (Å²) < 4.78 is 28.9. The Morgan fingerprint density at radius 2 is 1.87 bits per heavy atom. The SMILES string of the molecule is C=CCCC/C=C/CC(C)(C(=O)OC)S(=O)(=O)c1ccccc1. The lowest BCUT2D eigenvalue weighted by atomic mass is 10.1. The Kier molecular flexibility index (Phi) is 7.23. The van der Waals surface area contributed by atoms with Crippen molar-refractivity contribution in [2.45, 2.75) is 42.2 Å². The zero-order valence-electron chi connectivity index (χ0n) is 13.7. The normalized spacial score (nSPS) is 14.3. The van der Waals surface area contributed by atoms with E-state index in [1.165, 1.54) is 26.2 Å². The van der Waals surface area contributed by atoms with Gasteiger partial charge in [0.25, 0.3) is 0 Å². The second-order valence-electron chi connectivity index (χ2n) is 5.43. The molecule has 1 aromatic carbocycles. The molecule has 5 heteroatoms. The van der Waals surface area contributed by atoms with E-state index in [4.69, 9.17) is 4.74 Å². The smallest absolute Gasteiger partial charge is 0.327 e. The second kappa shape index (κ2) is 8.67. The predicted molar refractivity (Wildman–Crippen MR) is 91.9 cm³/mol. The Labute approximate surface area is 138 Å². The van der Waals surface area contributed by atoms with Gasteiger partial charge in [-0.3, -0.25) is 4.79 Å². The summed E-state index contributed by atoms with van der Waals surface area (Å²) in [5.41, 5.74) is 0. The number of ether oxygens (including phenoxy) is 1. The maximum Gasteiger partial charge on any atom is 0.327 e. The number of rotatable bonds is 9. The van der Waals surface area contributed by atoms with Gasteiger partial charge in [-0.1, -0.05) is 36.4 Å². The number of sulfone groups is 1. The molecule has 1 unspecified atom stereocenters. The highest BCUT2D eigenvalue weighted by Crippen LogP contribution is 2.30. The van der Waals surface area contributed by atoms with Crippen LogP contribution in [-0.2, 0) is 19.4 Å². The van der Waals surface area contributed by atoms with Crippen molar-refractivity contribution in [2.24, 2.45) is 0 Å². The molecule has 126 valence electrons. The third kappa shape index (κ3) is 4.55. The van der Waals surface area contributed by atoms with Crippen molar-refractivity contribution in [3.63, 3.8) is 0 Å². The van der Waals surface area contributed by atoms with Gasteiger partial charge in [0, 0.05) is 0 Å². The molecule has 0 bridgehead atoms. The zero-order chi connectivity index (χ0) is 17.3. The number of esters is 1. The number of carbonyl (C=O) groups excluding carboxylic acids is 1. The van der Waals surface area contributed by atoms with Crippen molar-refractivity contribution < 1.29 is 17.9 Å². The summed E-state index contributed by atoms with van der Waals surface area (Å²) in [4.78, 5) is 12.3. The molecule has 0 fully saturated rings. The molecule has 1 rings (SSSR count). The van der Waals surface area contributed by atoms with Crippen LogP contribution in [0, 0.1) is 0 Å². The van der Waals surface area contributed by atoms with Gasteiger partial charge >= 0.3 is 5.97 Å². The van der Waals surface area contributed by atoms with Crippen molar-refractivity contribution in [1.29, 1.82) is 0 Å². The average molecular weight is 336 g/mol. The lowest BCUT2D eigenvalue weighted by molar-refractivity contribution is -0.143. The van der Waals surface area contributed by atoms with Crippen molar-refractivity contribution in [1.82, 2.24) is 0 Å². The van der Waals surface area contributed by atoms with Gasteiger partial charge in [0.15, 0.2) is 14.6 Å². The van der Waals surface area contributed by atoms with E-state index in [0.29, 0.717) is 0 Å². The van der Waals surface area contributed by atoms with Gasteiger partial charge in [-0.25, -0.2) is 8.42 Å². The Balaban J connectivity index is 3.03. The molecule has 4 nitrogen and oxygen atoms in total. The first-order chi connectivity index (χ1) is 10.9. The summed E-state index contributed by atoms with van der Waals surface area (Å²) in [5, 5.41) is 0. The minimum atomic E-state index is -3.85. The summed E-state index contributed by atoms with van der Waals surface area (Å²) in [6, 6.07) is 7.98. The van der Waals surface area contributed by atoms with Crippen LogP contribution in [0.2, 0.25) is 0 Å². The molecule has 0 radical (unpaired) electrons. The Morgan fingerprint density at radius 1 is 1.22 bits per heavy atom. The largest absolute Gasteiger partial charge is 0.468 e. The number of hydrogen-bond acceptors (Lipinski definition) is 4. The minimum absolute atomic E-state index is 0.0744. The maximum absolute atomic E-state index is 12.9. The van der Waals surface area contributed by atoms with Crippen molar-refractivity contribution in [3.05, 3.63) is 55.1 Å². The summed E-state index contributed by atoms with van der Waals surface area (Å²) in [6.07, 6.45) is 8.21. The van der Waals surface area contributed by atoms with E-state index in [9.17, 15) is 13.2 Å². The van der Waals surface area contributed by atoms with Crippen LogP contribution in [0.1, 0.15) is 32.6 Å². The maximum atomic E-state index is 12.9. The fourth-order valence-electron chi connectivity index (χ4n) is 2.18. The molecule has 0 spiro atoms. The third-order valence-electron chi connectivity index (χ3n) is 3.72. The zero-order valence-corrected chi connectivity index (χ0v) is 14.5. The van der Waals surface area contributed by atoms with E-state index in [0.717, 1.165) is 19.3 Å². The van der Waals surface area contributed by atoms with Crippen LogP contribution < -0.4 is 0 Å². The topological polar surface area (TPSA) is 60.4 Å². The number of allylic oxidation sites excluding steroid dienone is 3. The van der Waals surface area contributed by atoms with Gasteiger partial charge in [0.2, 0.25) is 0 Å². The first-order valence-corrected chi connectivity index (χ1v) is 9.02. The van der Waals surface area contributed by atoms with Crippen LogP contribution in [0.5, 0.6) is 0 Å². The highest BCUT2D eigenvalue weighted by atomic mass is 32.2. The Hall–Kier alpha value is -1.88. The van der Waals surface area contributed by atoms with Crippen molar-refractivity contribution in [2.75, 3.05) is 7.11 Å². The predicted octanol–water partition coefficient (Wildman–Crippen LogP) is 3.69. The van der Waals surface area contributed by atoms with E-state index < -0.39 is 20.6 Å². The highest BCUT2D eigenvalue weighted by molar-refractivity contribution is 7.93. The monoisotopic (exact) mass is 336 g/mol. The van der Waals surface area contributed by atoms with E-state index >= 15 is 0 Å². The summed E-state index contributed by atoms with van der Waals surface area (Å²) in [7, 11) is -2.65. The first kappa shape index (κ1) is 19.2. The van der Waals surface area contributed by atoms with Crippen LogP contribution in [0.3, 0.4) is 0 Å². The molecule has 0 aliphatic heterocycles. The van der Waals surface area contributed by atoms with Crippen LogP contribution in [-0.4, -0.2) is 26.2 Å². The van der Waals surface area contributed by atoms with Crippen LogP contribution in [0.4, 0.5) is 0 Å². The third-order valence-corrected chi connectivity index (χ3v) is 6.13. The van der Waals surface area contributed by atoms with Gasteiger partial charge in [-0.05, 0) is 44.7 Å². The number of carbonyl (C=O) groups is 1. The fourth-order valence-corrected chi connectivity index (χ4v) is 3.84. The van der Waals surface area contributed by atoms with Gasteiger partial charge in [-0.15, -0.1) is 6.58 Å². The lowest BCUT2D eigenvalue weighted by Gasteiger charge is -2.25. The van der Waals surface area contributed by atoms with Crippen LogP contribution in [0.25, 0.3) is 0 Å². The van der Waals surface area contributed by atoms with Crippen molar-refractivity contribution >= 4 is 15.8 Å². The Morgan fingerprint density at radius 3 is 2.43 bits per heavy atom. The molecule has 0 saturated carbocycles. The molecular weight excluding hydrogens is 312 g/mol. The first-order valence-electron chi connectivity index (χ1n) is 7.54. The molecule has 0 saturated heterocycles. The Bertz CT molecular complexity index is 647. The molecular formula is C18H24O4S. The molecule has 1 aromatic rings. The number of methoxy groups -OCH3 is 1. The summed E-state index contributed by atoms with van der Waals surface area (Å²) in [5.74, 6) is -0.753. The molecule has 0 aliphatic rings. The number of hydrogen-bond donors (Lipinski definition) is 0. The van der Waals surface area contributed by atoms with E-state index in [-0.39, 0.29) is 11.3 Å². The molecule has 1 atom stereocenters. The molecule has 0 aromatic heterocycles. The van der Waals surface area contributed by atoms with Gasteiger partial charge in [0.1, 0.15) is 0 Å². The molecule has 0 aliphatic carbocycles. The quantitative estimate of drug-likeness (QED) is 0.392. The van der Waals surface area contributed by atoms with Crippen LogP contribution >= 0.6 is 0 Å². The van der Waals surface area contributed by atoms with E-state index in [1.54, 1.807) is 24.3 Å². The molecule has 0 heterocycles. The minimum Gasteiger partial charge on any atom is -0.468 e. The second-order valence-corrected chi connectivity index (χ2v) is 7.81. The van der Waals surface area contributed by atoms with Gasteiger partial charge < -0.3 is 4.74 Å². The van der Waals surface area contributed by atoms with Crippen LogP contribution in [0.15, 0.2) is 60.0 Å². The average Bonchev–Trinajstić information content (AvgIpc) is 2.57. The molecule has 0 N–H and O–H groups in total.